The van der Waals surface area contributed by atoms with Crippen LogP contribution in [0, 0.1) is 0 Å². The molecule has 3 aliphatic rings. The first-order valence-corrected chi connectivity index (χ1v) is 22.7. The van der Waals surface area contributed by atoms with Gasteiger partial charge in [-0.15, -0.1) is 11.3 Å². The van der Waals surface area contributed by atoms with Crippen LogP contribution in [0.25, 0.3) is 54.4 Å². The summed E-state index contributed by atoms with van der Waals surface area (Å²) in [7, 11) is 0. The molecule has 3 aliphatic heterocycles. The van der Waals surface area contributed by atoms with Gasteiger partial charge in [0.1, 0.15) is 16.9 Å². The van der Waals surface area contributed by atoms with Crippen LogP contribution in [-0.4, -0.2) is 11.8 Å². The Balaban J connectivity index is 1.21. The van der Waals surface area contributed by atoms with Crippen LogP contribution in [0.3, 0.4) is 0 Å². The van der Waals surface area contributed by atoms with Gasteiger partial charge in [-0.1, -0.05) is 123 Å². The van der Waals surface area contributed by atoms with E-state index in [0.29, 0.717) is 0 Å². The van der Waals surface area contributed by atoms with Gasteiger partial charge in [0, 0.05) is 28.0 Å². The van der Waals surface area contributed by atoms with Gasteiger partial charge < -0.3 is 18.9 Å². The molecule has 0 saturated heterocycles. The van der Waals surface area contributed by atoms with Gasteiger partial charge in [-0.2, -0.15) is 0 Å². The Kier molecular flexibility index (Phi) is 7.64. The van der Waals surface area contributed by atoms with Crippen molar-refractivity contribution in [3.05, 3.63) is 144 Å². The molecular weight excluding hydrogens is 778 g/mol. The Morgan fingerprint density at radius 2 is 1.32 bits per heavy atom. The first-order valence-electron chi connectivity index (χ1n) is 21.8. The molecule has 7 aromatic carbocycles. The van der Waals surface area contributed by atoms with Gasteiger partial charge in [-0.3, -0.25) is 0 Å². The highest BCUT2D eigenvalue weighted by molar-refractivity contribution is 7.16. The number of fused-ring (bicyclic) bond motifs is 11. The number of aromatic nitrogens is 1. The zero-order valence-corrected chi connectivity index (χ0v) is 37.6. The summed E-state index contributed by atoms with van der Waals surface area (Å²) < 4.78 is 15.2. The molecule has 0 radical (unpaired) electrons. The van der Waals surface area contributed by atoms with E-state index >= 15 is 0 Å². The molecule has 0 aliphatic carbocycles. The molecule has 0 atom stereocenters. The average Bonchev–Trinajstić information content (AvgIpc) is 3.87. The molecule has 5 nitrogen and oxygen atoms in total. The lowest BCUT2D eigenvalue weighted by atomic mass is 9.43. The number of anilines is 5. The van der Waals surface area contributed by atoms with Crippen LogP contribution in [0.1, 0.15) is 79.0 Å². The number of hydrogen-bond donors (Lipinski definition) is 0. The van der Waals surface area contributed by atoms with Crippen molar-refractivity contribution in [1.29, 1.82) is 0 Å². The van der Waals surface area contributed by atoms with E-state index in [2.05, 4.69) is 192 Å². The van der Waals surface area contributed by atoms with Crippen molar-refractivity contribution in [2.45, 2.75) is 78.6 Å². The third kappa shape index (κ3) is 5.43. The molecule has 0 amide bonds. The average molecular weight is 826 g/mol. The highest BCUT2D eigenvalue weighted by Gasteiger charge is 2.49. The van der Waals surface area contributed by atoms with Gasteiger partial charge in [-0.05, 0) is 121 Å². The van der Waals surface area contributed by atoms with E-state index in [-0.39, 0.29) is 23.1 Å². The molecule has 9 aromatic rings. The summed E-state index contributed by atoms with van der Waals surface area (Å²) in [6.07, 6.45) is 0. The SMILES string of the molecule is CC(C)(C)c1ccc(N2c3cc(-c4ccc5ncsc5c4)ccc3B3c4c(cc(C(C)(C)C)cc42)-c2cc4oc5ccccc5c4c4c2N3c2ccc(C(C)(C)C)cc2O4)cc1. The lowest BCUT2D eigenvalue weighted by Gasteiger charge is -2.48. The minimum atomic E-state index is -0.155. The topological polar surface area (TPSA) is 41.7 Å². The van der Waals surface area contributed by atoms with Crippen LogP contribution in [0.4, 0.5) is 28.4 Å². The summed E-state index contributed by atoms with van der Waals surface area (Å²) in [4.78, 5) is 9.73. The maximum atomic E-state index is 7.30. The molecule has 0 unspecified atom stereocenters. The smallest absolute Gasteiger partial charge is 0.333 e. The summed E-state index contributed by atoms with van der Waals surface area (Å²) in [6.45, 7) is 20.5. The minimum absolute atomic E-state index is 0.0250. The standard InChI is InChI=1S/C55H48BN3O2S/c1-53(2,3)33-16-19-36(20-17-33)58-43-24-31(32-15-22-41-48(25-32)62-30-57-41)14-21-40(43)56-50-38(26-35(27-44(50)58)55(7,8)9)39-29-47-49(37-12-10-11-13-45(37)60-47)52-51(39)59(56)42-23-18-34(54(4,5)6)28-46(42)61-52/h10-30H,1-9H3. The second kappa shape index (κ2) is 12.6. The van der Waals surface area contributed by atoms with Gasteiger partial charge in [-0.25, -0.2) is 4.98 Å². The highest BCUT2D eigenvalue weighted by Crippen LogP contribution is 2.59. The summed E-state index contributed by atoms with van der Waals surface area (Å²) in [5.41, 5.74) is 21.2. The van der Waals surface area contributed by atoms with Crippen molar-refractivity contribution in [3.8, 4) is 33.8 Å². The predicted molar refractivity (Wildman–Crippen MR) is 262 cm³/mol. The number of ether oxygens (including phenoxy) is 1. The molecule has 5 heterocycles. The molecule has 0 N–H and O–H groups in total. The number of thiazole rings is 1. The Hall–Kier alpha value is -6.31. The van der Waals surface area contributed by atoms with Crippen LogP contribution < -0.4 is 25.4 Å². The fourth-order valence-electron chi connectivity index (χ4n) is 10.0. The second-order valence-corrected chi connectivity index (χ2v) is 21.4. The van der Waals surface area contributed by atoms with E-state index < -0.39 is 0 Å². The quantitative estimate of drug-likeness (QED) is 0.162. The van der Waals surface area contributed by atoms with Crippen molar-refractivity contribution < 1.29 is 9.15 Å². The van der Waals surface area contributed by atoms with Crippen LogP contribution in [0.2, 0.25) is 0 Å². The first-order chi connectivity index (χ1) is 29.6. The molecule has 62 heavy (non-hydrogen) atoms. The van der Waals surface area contributed by atoms with Gasteiger partial charge in [0.25, 0.3) is 0 Å². The number of rotatable bonds is 2. The van der Waals surface area contributed by atoms with E-state index in [0.717, 1.165) is 61.6 Å². The Bertz CT molecular complexity index is 3360. The Morgan fingerprint density at radius 3 is 2.10 bits per heavy atom. The lowest BCUT2D eigenvalue weighted by molar-refractivity contribution is 0.479. The fourth-order valence-corrected chi connectivity index (χ4v) is 10.8. The van der Waals surface area contributed by atoms with Crippen molar-refractivity contribution in [2.75, 3.05) is 9.71 Å². The zero-order chi connectivity index (χ0) is 42.6. The molecule has 7 heteroatoms. The van der Waals surface area contributed by atoms with Crippen LogP contribution in [0.5, 0.6) is 11.5 Å². The van der Waals surface area contributed by atoms with E-state index in [1.54, 1.807) is 11.3 Å². The third-order valence-electron chi connectivity index (χ3n) is 13.4. The molecule has 12 rings (SSSR count). The molecule has 2 aromatic heterocycles. The second-order valence-electron chi connectivity index (χ2n) is 20.5. The molecule has 0 saturated carbocycles. The van der Waals surface area contributed by atoms with Gasteiger partial charge in [0.15, 0.2) is 5.75 Å². The van der Waals surface area contributed by atoms with Gasteiger partial charge in [0.05, 0.1) is 32.5 Å². The summed E-state index contributed by atoms with van der Waals surface area (Å²) in [5, 5.41) is 2.07. The third-order valence-corrected chi connectivity index (χ3v) is 14.2. The molecular formula is C55H48BN3O2S. The number of benzene rings is 7. The van der Waals surface area contributed by atoms with E-state index in [9.17, 15) is 0 Å². The monoisotopic (exact) mass is 825 g/mol. The lowest BCUT2D eigenvalue weighted by Crippen LogP contribution is -2.62. The first kappa shape index (κ1) is 37.5. The van der Waals surface area contributed by atoms with E-state index in [1.807, 2.05) is 11.6 Å². The number of furan rings is 1. The number of hydrogen-bond acceptors (Lipinski definition) is 6. The maximum Gasteiger partial charge on any atom is 0.333 e. The van der Waals surface area contributed by atoms with Crippen molar-refractivity contribution in [3.63, 3.8) is 0 Å². The molecule has 0 bridgehead atoms. The van der Waals surface area contributed by atoms with Gasteiger partial charge >= 0.3 is 6.85 Å². The zero-order valence-electron chi connectivity index (χ0n) is 36.8. The van der Waals surface area contributed by atoms with Gasteiger partial charge in [0.2, 0.25) is 0 Å². The van der Waals surface area contributed by atoms with Crippen molar-refractivity contribution >= 4 is 89.7 Å². The predicted octanol–water partition coefficient (Wildman–Crippen LogP) is 14.6. The summed E-state index contributed by atoms with van der Waals surface area (Å²) >= 11 is 1.69. The van der Waals surface area contributed by atoms with E-state index in [4.69, 9.17) is 9.15 Å². The maximum absolute atomic E-state index is 7.30. The number of nitrogens with zero attached hydrogens (tertiary/aromatic N) is 3. The Labute approximate surface area is 367 Å². The van der Waals surface area contributed by atoms with Crippen LogP contribution in [0.15, 0.2) is 131 Å². The molecule has 304 valence electrons. The van der Waals surface area contributed by atoms with Crippen molar-refractivity contribution in [1.82, 2.24) is 4.98 Å². The normalized spacial score (nSPS) is 14.2. The highest BCUT2D eigenvalue weighted by atomic mass is 32.1. The molecule has 0 fully saturated rings. The number of para-hydroxylation sites is 1. The summed E-state index contributed by atoms with van der Waals surface area (Å²) in [6, 6.07) is 45.5. The van der Waals surface area contributed by atoms with Crippen LogP contribution in [-0.2, 0) is 16.2 Å². The Morgan fingerprint density at radius 1 is 0.597 bits per heavy atom. The summed E-state index contributed by atoms with van der Waals surface area (Å²) in [5.74, 6) is 1.71. The molecule has 0 spiro atoms. The fraction of sp³-hybridized carbons (Fsp3) is 0.218. The largest absolute Gasteiger partial charge is 0.456 e. The minimum Gasteiger partial charge on any atom is -0.456 e. The van der Waals surface area contributed by atoms with E-state index in [1.165, 1.54) is 60.4 Å². The van der Waals surface area contributed by atoms with Crippen molar-refractivity contribution in [2.24, 2.45) is 0 Å². The van der Waals surface area contributed by atoms with Crippen LogP contribution >= 0.6 is 11.3 Å².